The molecule has 3 aromatic rings. The SMILES string of the molecule is CCN1CCN(Cc2cn(CC(=O)Nc3ccc4c(ccn4C)c3)nn2)CC1. The third-order valence-corrected chi connectivity index (χ3v) is 5.36. The summed E-state index contributed by atoms with van der Waals surface area (Å²) in [5.74, 6) is -0.108. The second kappa shape index (κ2) is 8.12. The van der Waals surface area contributed by atoms with Gasteiger partial charge in [0.15, 0.2) is 0 Å². The summed E-state index contributed by atoms with van der Waals surface area (Å²) in [5.41, 5.74) is 2.83. The van der Waals surface area contributed by atoms with Crippen LogP contribution in [0, 0.1) is 0 Å². The number of rotatable bonds is 6. The number of amides is 1. The Morgan fingerprint density at radius 3 is 2.71 bits per heavy atom. The van der Waals surface area contributed by atoms with Crippen molar-refractivity contribution in [2.24, 2.45) is 7.05 Å². The van der Waals surface area contributed by atoms with E-state index in [9.17, 15) is 4.79 Å². The number of carbonyl (C=O) groups excluding carboxylic acids is 1. The van der Waals surface area contributed by atoms with Gasteiger partial charge in [0.25, 0.3) is 0 Å². The first-order valence-electron chi connectivity index (χ1n) is 9.79. The molecule has 0 atom stereocenters. The molecule has 1 saturated heterocycles. The Morgan fingerprint density at radius 1 is 1.14 bits per heavy atom. The van der Waals surface area contributed by atoms with Crippen LogP contribution in [0.15, 0.2) is 36.7 Å². The lowest BCUT2D eigenvalue weighted by Gasteiger charge is -2.33. The molecular weight excluding hydrogens is 354 g/mol. The highest BCUT2D eigenvalue weighted by molar-refractivity contribution is 5.93. The van der Waals surface area contributed by atoms with Crippen molar-refractivity contribution in [1.82, 2.24) is 29.4 Å². The molecule has 0 bridgehead atoms. The van der Waals surface area contributed by atoms with Crippen LogP contribution in [0.2, 0.25) is 0 Å². The van der Waals surface area contributed by atoms with Gasteiger partial charge in [-0.25, -0.2) is 4.68 Å². The maximum Gasteiger partial charge on any atom is 0.246 e. The number of likely N-dealkylation sites (N-methyl/N-ethyl adjacent to an activating group) is 1. The zero-order valence-corrected chi connectivity index (χ0v) is 16.5. The predicted molar refractivity (Wildman–Crippen MR) is 109 cm³/mol. The summed E-state index contributed by atoms with van der Waals surface area (Å²) in [5, 5.41) is 12.4. The summed E-state index contributed by atoms with van der Waals surface area (Å²) in [6.07, 6.45) is 3.88. The van der Waals surface area contributed by atoms with Crippen LogP contribution in [0.4, 0.5) is 5.69 Å². The average molecular weight is 381 g/mol. The first-order chi connectivity index (χ1) is 13.6. The Labute approximate surface area is 164 Å². The first-order valence-corrected chi connectivity index (χ1v) is 9.79. The van der Waals surface area contributed by atoms with Gasteiger partial charge in [-0.2, -0.15) is 0 Å². The van der Waals surface area contributed by atoms with E-state index < -0.39 is 0 Å². The third kappa shape index (κ3) is 4.23. The molecule has 0 spiro atoms. The Kier molecular flexibility index (Phi) is 5.40. The van der Waals surface area contributed by atoms with Gasteiger partial charge in [0.1, 0.15) is 6.54 Å². The van der Waals surface area contributed by atoms with E-state index >= 15 is 0 Å². The van der Waals surface area contributed by atoms with Gasteiger partial charge in [-0.3, -0.25) is 9.69 Å². The van der Waals surface area contributed by atoms with Gasteiger partial charge in [-0.1, -0.05) is 12.1 Å². The second-order valence-electron chi connectivity index (χ2n) is 7.37. The highest BCUT2D eigenvalue weighted by atomic mass is 16.2. The van der Waals surface area contributed by atoms with E-state index in [1.165, 1.54) is 0 Å². The van der Waals surface area contributed by atoms with Gasteiger partial charge < -0.3 is 14.8 Å². The van der Waals surface area contributed by atoms with Gasteiger partial charge in [0.05, 0.1) is 11.9 Å². The minimum Gasteiger partial charge on any atom is -0.351 e. The lowest BCUT2D eigenvalue weighted by atomic mass is 10.2. The molecule has 0 saturated carbocycles. The van der Waals surface area contributed by atoms with E-state index in [1.54, 1.807) is 4.68 Å². The van der Waals surface area contributed by atoms with E-state index in [0.29, 0.717) is 0 Å². The molecule has 2 aromatic heterocycles. The molecule has 8 nitrogen and oxygen atoms in total. The normalized spacial score (nSPS) is 15.9. The van der Waals surface area contributed by atoms with Crippen LogP contribution in [0.5, 0.6) is 0 Å². The molecule has 28 heavy (non-hydrogen) atoms. The van der Waals surface area contributed by atoms with Crippen molar-refractivity contribution in [2.45, 2.75) is 20.0 Å². The van der Waals surface area contributed by atoms with Gasteiger partial charge >= 0.3 is 0 Å². The number of aryl methyl sites for hydroxylation is 1. The van der Waals surface area contributed by atoms with Gasteiger partial charge in [-0.15, -0.1) is 5.10 Å². The van der Waals surface area contributed by atoms with Crippen LogP contribution in [0.3, 0.4) is 0 Å². The van der Waals surface area contributed by atoms with Crippen molar-refractivity contribution >= 4 is 22.5 Å². The van der Waals surface area contributed by atoms with Gasteiger partial charge in [0, 0.05) is 62.6 Å². The number of fused-ring (bicyclic) bond motifs is 1. The second-order valence-corrected chi connectivity index (χ2v) is 7.37. The quantitative estimate of drug-likeness (QED) is 0.701. The summed E-state index contributed by atoms with van der Waals surface area (Å²) < 4.78 is 3.66. The number of benzene rings is 1. The van der Waals surface area contributed by atoms with Crippen molar-refractivity contribution < 1.29 is 4.79 Å². The maximum absolute atomic E-state index is 12.4. The minimum absolute atomic E-state index is 0.108. The standard InChI is InChI=1S/C20H27N7O/c1-3-25-8-10-26(11-9-25)13-18-14-27(23-22-18)15-20(28)21-17-4-5-19-16(12-17)6-7-24(19)2/h4-7,12,14H,3,8-11,13,15H2,1-2H3,(H,21,28). The molecule has 1 N–H and O–H groups in total. The third-order valence-electron chi connectivity index (χ3n) is 5.36. The summed E-state index contributed by atoms with van der Waals surface area (Å²) in [4.78, 5) is 17.2. The molecule has 1 fully saturated rings. The van der Waals surface area contributed by atoms with Crippen LogP contribution in [0.1, 0.15) is 12.6 Å². The molecule has 4 rings (SSSR count). The molecular formula is C20H27N7O. The molecule has 1 amide bonds. The Hall–Kier alpha value is -2.71. The van der Waals surface area contributed by atoms with Gasteiger partial charge in [0.2, 0.25) is 5.91 Å². The van der Waals surface area contributed by atoms with E-state index in [2.05, 4.69) is 36.9 Å². The first kappa shape index (κ1) is 18.6. The molecule has 1 aliphatic heterocycles. The summed E-state index contributed by atoms with van der Waals surface area (Å²) >= 11 is 0. The largest absolute Gasteiger partial charge is 0.351 e. The molecule has 8 heteroatoms. The fourth-order valence-corrected chi connectivity index (χ4v) is 3.69. The van der Waals surface area contributed by atoms with E-state index in [-0.39, 0.29) is 12.5 Å². The van der Waals surface area contributed by atoms with Crippen molar-refractivity contribution in [3.8, 4) is 0 Å². The molecule has 1 aromatic carbocycles. The van der Waals surface area contributed by atoms with Crippen LogP contribution in [-0.4, -0.2) is 68.0 Å². The van der Waals surface area contributed by atoms with E-state index in [0.717, 1.165) is 61.6 Å². The number of nitrogens with one attached hydrogen (secondary N) is 1. The van der Waals surface area contributed by atoms with Crippen LogP contribution in [-0.2, 0) is 24.9 Å². The fourth-order valence-electron chi connectivity index (χ4n) is 3.69. The molecule has 0 radical (unpaired) electrons. The van der Waals surface area contributed by atoms with Crippen molar-refractivity contribution in [1.29, 1.82) is 0 Å². The van der Waals surface area contributed by atoms with Crippen molar-refractivity contribution in [2.75, 3.05) is 38.0 Å². The molecule has 148 valence electrons. The number of piperazine rings is 1. The minimum atomic E-state index is -0.108. The number of aromatic nitrogens is 4. The van der Waals surface area contributed by atoms with E-state index in [1.807, 2.05) is 43.7 Å². The summed E-state index contributed by atoms with van der Waals surface area (Å²) in [6, 6.07) is 7.95. The maximum atomic E-state index is 12.4. The Bertz CT molecular complexity index is 953. The lowest BCUT2D eigenvalue weighted by Crippen LogP contribution is -2.45. The van der Waals surface area contributed by atoms with E-state index in [4.69, 9.17) is 0 Å². The number of carbonyl (C=O) groups is 1. The van der Waals surface area contributed by atoms with Crippen molar-refractivity contribution in [3.63, 3.8) is 0 Å². The van der Waals surface area contributed by atoms with Crippen LogP contribution < -0.4 is 5.32 Å². The lowest BCUT2D eigenvalue weighted by molar-refractivity contribution is -0.116. The smallest absolute Gasteiger partial charge is 0.246 e. The van der Waals surface area contributed by atoms with Gasteiger partial charge in [-0.05, 0) is 30.8 Å². The monoisotopic (exact) mass is 381 g/mol. The molecule has 0 unspecified atom stereocenters. The average Bonchev–Trinajstić information content (AvgIpc) is 3.28. The fraction of sp³-hybridized carbons (Fsp3) is 0.450. The Morgan fingerprint density at radius 2 is 1.93 bits per heavy atom. The zero-order chi connectivity index (χ0) is 19.5. The highest BCUT2D eigenvalue weighted by Crippen LogP contribution is 2.19. The van der Waals surface area contributed by atoms with Crippen LogP contribution in [0.25, 0.3) is 10.9 Å². The topological polar surface area (TPSA) is 71.2 Å². The Balaban J connectivity index is 1.31. The molecule has 0 aliphatic carbocycles. The predicted octanol–water partition coefficient (Wildman–Crippen LogP) is 1.55. The number of hydrogen-bond acceptors (Lipinski definition) is 5. The molecule has 1 aliphatic rings. The number of nitrogens with zero attached hydrogens (tertiary/aromatic N) is 6. The summed E-state index contributed by atoms with van der Waals surface area (Å²) in [6.45, 7) is 8.53. The zero-order valence-electron chi connectivity index (χ0n) is 16.5. The van der Waals surface area contributed by atoms with Crippen LogP contribution >= 0.6 is 0 Å². The molecule has 3 heterocycles. The highest BCUT2D eigenvalue weighted by Gasteiger charge is 2.17. The van der Waals surface area contributed by atoms with Crippen molar-refractivity contribution in [3.05, 3.63) is 42.4 Å². The number of hydrogen-bond donors (Lipinski definition) is 1. The summed E-state index contributed by atoms with van der Waals surface area (Å²) in [7, 11) is 2.01. The number of anilines is 1.